The van der Waals surface area contributed by atoms with Crippen molar-refractivity contribution < 1.29 is 9.53 Å². The van der Waals surface area contributed by atoms with E-state index in [4.69, 9.17) is 4.74 Å². The summed E-state index contributed by atoms with van der Waals surface area (Å²) in [6, 6.07) is 11.9. The van der Waals surface area contributed by atoms with E-state index < -0.39 is 0 Å². The van der Waals surface area contributed by atoms with Crippen LogP contribution in [0.15, 0.2) is 36.4 Å². The van der Waals surface area contributed by atoms with Gasteiger partial charge in [0.15, 0.2) is 0 Å². The molecule has 0 aliphatic rings. The zero-order valence-electron chi connectivity index (χ0n) is 13.9. The van der Waals surface area contributed by atoms with Crippen molar-refractivity contribution in [2.75, 3.05) is 18.5 Å². The molecule has 2 aromatic rings. The molecule has 0 fully saturated rings. The molecule has 2 rings (SSSR count). The number of nitrogens with zero attached hydrogens (tertiary/aromatic N) is 2. The van der Waals surface area contributed by atoms with Gasteiger partial charge in [-0.15, -0.1) is 0 Å². The van der Waals surface area contributed by atoms with Gasteiger partial charge in [-0.1, -0.05) is 50.6 Å². The minimum atomic E-state index is -0.257. The van der Waals surface area contributed by atoms with Gasteiger partial charge in [0.05, 0.1) is 12.3 Å². The average molecular weight is 315 g/mol. The smallest absolute Gasteiger partial charge is 0.327 e. The molecule has 0 aliphatic carbocycles. The van der Waals surface area contributed by atoms with E-state index in [0.29, 0.717) is 6.61 Å². The molecule has 124 valence electrons. The normalized spacial score (nSPS) is 10.5. The quantitative estimate of drug-likeness (QED) is 0.566. The van der Waals surface area contributed by atoms with Crippen molar-refractivity contribution in [1.82, 2.24) is 9.78 Å². The third-order valence-corrected chi connectivity index (χ3v) is 3.43. The lowest BCUT2D eigenvalue weighted by Crippen LogP contribution is -2.16. The van der Waals surface area contributed by atoms with Crippen LogP contribution in [0.3, 0.4) is 0 Å². The Kier molecular flexibility index (Phi) is 6.66. The van der Waals surface area contributed by atoms with Gasteiger partial charge in [-0.05, 0) is 18.4 Å². The number of aromatic nitrogens is 2. The molecule has 0 saturated carbocycles. The molecule has 23 heavy (non-hydrogen) atoms. The number of carbonyl (C=O) groups excluding carboxylic acids is 1. The molecule has 0 spiro atoms. The lowest BCUT2D eigenvalue weighted by molar-refractivity contribution is -0.144. The van der Waals surface area contributed by atoms with Gasteiger partial charge in [0.2, 0.25) is 0 Å². The van der Waals surface area contributed by atoms with Crippen LogP contribution in [0.25, 0.3) is 11.3 Å². The van der Waals surface area contributed by atoms with Crippen LogP contribution in [-0.2, 0) is 16.1 Å². The molecule has 0 saturated heterocycles. The van der Waals surface area contributed by atoms with Gasteiger partial charge in [-0.25, -0.2) is 0 Å². The Morgan fingerprint density at radius 1 is 1.22 bits per heavy atom. The number of unbranched alkanes of at least 4 members (excludes halogenated alkanes) is 1. The van der Waals surface area contributed by atoms with E-state index >= 15 is 0 Å². The number of esters is 1. The van der Waals surface area contributed by atoms with Crippen molar-refractivity contribution in [3.05, 3.63) is 36.4 Å². The van der Waals surface area contributed by atoms with Crippen LogP contribution in [-0.4, -0.2) is 28.9 Å². The van der Waals surface area contributed by atoms with E-state index in [1.165, 1.54) is 0 Å². The third-order valence-electron chi connectivity index (χ3n) is 3.43. The largest absolute Gasteiger partial charge is 0.464 e. The minimum Gasteiger partial charge on any atom is -0.464 e. The lowest BCUT2D eigenvalue weighted by atomic mass is 10.1. The van der Waals surface area contributed by atoms with Gasteiger partial charge in [0, 0.05) is 12.6 Å². The van der Waals surface area contributed by atoms with E-state index in [1.807, 2.05) is 43.3 Å². The SMILES string of the molecule is CCCCNc1cc(-c2ccccc2)n(CC(=O)OCCC)n1. The van der Waals surface area contributed by atoms with Crippen molar-refractivity contribution in [2.45, 2.75) is 39.7 Å². The summed E-state index contributed by atoms with van der Waals surface area (Å²) < 4.78 is 6.88. The highest BCUT2D eigenvalue weighted by Gasteiger charge is 2.13. The zero-order chi connectivity index (χ0) is 16.5. The van der Waals surface area contributed by atoms with Crippen LogP contribution in [0.2, 0.25) is 0 Å². The number of nitrogens with one attached hydrogen (secondary N) is 1. The summed E-state index contributed by atoms with van der Waals surface area (Å²) in [6.45, 7) is 5.58. The van der Waals surface area contributed by atoms with Crippen molar-refractivity contribution in [1.29, 1.82) is 0 Å². The third kappa shape index (κ3) is 5.13. The van der Waals surface area contributed by atoms with Crippen LogP contribution >= 0.6 is 0 Å². The van der Waals surface area contributed by atoms with Crippen LogP contribution in [0.4, 0.5) is 5.82 Å². The topological polar surface area (TPSA) is 56.2 Å². The summed E-state index contributed by atoms with van der Waals surface area (Å²) in [5.41, 5.74) is 1.95. The molecule has 0 unspecified atom stereocenters. The fourth-order valence-corrected chi connectivity index (χ4v) is 2.24. The molecule has 5 heteroatoms. The number of anilines is 1. The molecule has 1 aromatic heterocycles. The Bertz CT molecular complexity index is 608. The predicted molar refractivity (Wildman–Crippen MR) is 92.3 cm³/mol. The van der Waals surface area contributed by atoms with Crippen LogP contribution in [0.5, 0.6) is 0 Å². The zero-order valence-corrected chi connectivity index (χ0v) is 13.9. The monoisotopic (exact) mass is 315 g/mol. The second kappa shape index (κ2) is 8.98. The fourth-order valence-electron chi connectivity index (χ4n) is 2.24. The highest BCUT2D eigenvalue weighted by Crippen LogP contribution is 2.22. The van der Waals surface area contributed by atoms with Crippen LogP contribution < -0.4 is 5.32 Å². The van der Waals surface area contributed by atoms with Crippen molar-refractivity contribution in [3.63, 3.8) is 0 Å². The average Bonchev–Trinajstić information content (AvgIpc) is 2.96. The maximum atomic E-state index is 11.9. The van der Waals surface area contributed by atoms with Crippen molar-refractivity contribution in [2.24, 2.45) is 0 Å². The lowest BCUT2D eigenvalue weighted by Gasteiger charge is -2.07. The van der Waals surface area contributed by atoms with Crippen molar-refractivity contribution in [3.8, 4) is 11.3 Å². The fraction of sp³-hybridized carbons (Fsp3) is 0.444. The van der Waals surface area contributed by atoms with Gasteiger partial charge in [-0.3, -0.25) is 9.48 Å². The molecule has 0 amide bonds. The highest BCUT2D eigenvalue weighted by atomic mass is 16.5. The number of ether oxygens (including phenoxy) is 1. The first-order chi connectivity index (χ1) is 11.2. The maximum Gasteiger partial charge on any atom is 0.327 e. The molecule has 0 bridgehead atoms. The van der Waals surface area contributed by atoms with Gasteiger partial charge in [-0.2, -0.15) is 5.10 Å². The molecule has 0 atom stereocenters. The summed E-state index contributed by atoms with van der Waals surface area (Å²) in [4.78, 5) is 11.9. The second-order valence-corrected chi connectivity index (χ2v) is 5.44. The van der Waals surface area contributed by atoms with Crippen LogP contribution in [0.1, 0.15) is 33.1 Å². The van der Waals surface area contributed by atoms with E-state index in [2.05, 4.69) is 17.3 Å². The number of rotatable bonds is 9. The number of hydrogen-bond acceptors (Lipinski definition) is 4. The summed E-state index contributed by atoms with van der Waals surface area (Å²) >= 11 is 0. The van der Waals surface area contributed by atoms with E-state index in [1.54, 1.807) is 4.68 Å². The first kappa shape index (κ1) is 17.1. The van der Waals surface area contributed by atoms with Gasteiger partial charge >= 0.3 is 5.97 Å². The first-order valence-corrected chi connectivity index (χ1v) is 8.27. The second-order valence-electron chi connectivity index (χ2n) is 5.44. The van der Waals surface area contributed by atoms with Gasteiger partial charge in [0.25, 0.3) is 0 Å². The van der Waals surface area contributed by atoms with E-state index in [0.717, 1.165) is 42.9 Å². The number of benzene rings is 1. The summed E-state index contributed by atoms with van der Waals surface area (Å²) in [5.74, 6) is 0.535. The maximum absolute atomic E-state index is 11.9. The molecule has 5 nitrogen and oxygen atoms in total. The first-order valence-electron chi connectivity index (χ1n) is 8.27. The molecular formula is C18H25N3O2. The predicted octanol–water partition coefficient (Wildman–Crippen LogP) is 3.72. The minimum absolute atomic E-state index is 0.125. The Hall–Kier alpha value is -2.30. The molecular weight excluding hydrogens is 290 g/mol. The summed E-state index contributed by atoms with van der Waals surface area (Å²) in [7, 11) is 0. The molecule has 1 aromatic carbocycles. The number of carbonyl (C=O) groups is 1. The van der Waals surface area contributed by atoms with Gasteiger partial charge in [0.1, 0.15) is 12.4 Å². The van der Waals surface area contributed by atoms with Crippen molar-refractivity contribution >= 4 is 11.8 Å². The molecule has 0 aliphatic heterocycles. The van der Waals surface area contributed by atoms with E-state index in [-0.39, 0.29) is 12.5 Å². The summed E-state index contributed by atoms with van der Waals surface area (Å²) in [5, 5.41) is 7.82. The Morgan fingerprint density at radius 2 is 2.00 bits per heavy atom. The standard InChI is InChI=1S/C18H25N3O2/c1-3-5-11-19-17-13-16(15-9-7-6-8-10-15)21(20-17)14-18(22)23-12-4-2/h6-10,13H,3-5,11-12,14H2,1-2H3,(H,19,20). The molecule has 0 radical (unpaired) electrons. The van der Waals surface area contributed by atoms with E-state index in [9.17, 15) is 4.79 Å². The molecule has 1 heterocycles. The molecule has 1 N–H and O–H groups in total. The Morgan fingerprint density at radius 3 is 2.70 bits per heavy atom. The Balaban J connectivity index is 2.18. The summed E-state index contributed by atoms with van der Waals surface area (Å²) in [6.07, 6.45) is 3.04. The Labute approximate surface area is 137 Å². The number of hydrogen-bond donors (Lipinski definition) is 1. The van der Waals surface area contributed by atoms with Gasteiger partial charge < -0.3 is 10.1 Å². The highest BCUT2D eigenvalue weighted by molar-refractivity contribution is 5.71. The van der Waals surface area contributed by atoms with Crippen LogP contribution in [0, 0.1) is 0 Å².